The van der Waals surface area contributed by atoms with Crippen molar-refractivity contribution in [3.8, 4) is 5.75 Å². The minimum absolute atomic E-state index is 0.0760. The molecular weight excluding hydrogens is 493 g/mol. The number of phenols is 1. The van der Waals surface area contributed by atoms with Crippen molar-refractivity contribution in [1.29, 1.82) is 0 Å². The van der Waals surface area contributed by atoms with Crippen LogP contribution in [0.4, 0.5) is 0 Å². The van der Waals surface area contributed by atoms with Gasteiger partial charge in [0.1, 0.15) is 5.75 Å². The van der Waals surface area contributed by atoms with Gasteiger partial charge in [-0.3, -0.25) is 0 Å². The molecule has 2 bridgehead atoms. The minimum Gasteiger partial charge on any atom is -0.507 e. The molecule has 8 heteroatoms. The fourth-order valence-corrected chi connectivity index (χ4v) is 6.83. The molecule has 0 spiro atoms. The van der Waals surface area contributed by atoms with Crippen LogP contribution in [-0.4, -0.2) is 39.9 Å². The summed E-state index contributed by atoms with van der Waals surface area (Å²) in [6.07, 6.45) is 0.0755. The average molecular weight is 511 g/mol. The Morgan fingerprint density at radius 2 is 1.64 bits per heavy atom. The van der Waals surface area contributed by atoms with Gasteiger partial charge < -0.3 is 15.3 Å². The highest BCUT2D eigenvalue weighted by Crippen LogP contribution is 2.59. The van der Waals surface area contributed by atoms with E-state index in [9.17, 15) is 23.7 Å². The van der Waals surface area contributed by atoms with Crippen LogP contribution in [0, 0.1) is 10.5 Å². The molecule has 6 nitrogen and oxygen atoms in total. The molecular formula is C20H18INO5S. The summed E-state index contributed by atoms with van der Waals surface area (Å²) in [6, 6.07) is 8.33. The van der Waals surface area contributed by atoms with Gasteiger partial charge in [0.2, 0.25) is 0 Å². The zero-order valence-electron chi connectivity index (χ0n) is 14.9. The van der Waals surface area contributed by atoms with Crippen molar-refractivity contribution in [2.75, 3.05) is 0 Å². The van der Waals surface area contributed by atoms with Crippen LogP contribution in [0.2, 0.25) is 0 Å². The van der Waals surface area contributed by atoms with Gasteiger partial charge in [0.25, 0.3) is 10.0 Å². The van der Waals surface area contributed by atoms with E-state index in [1.54, 1.807) is 30.3 Å². The number of nitrogens with zero attached hydrogens (tertiary/aromatic N) is 1. The van der Waals surface area contributed by atoms with Gasteiger partial charge in [-0.2, -0.15) is 0 Å². The van der Waals surface area contributed by atoms with Crippen LogP contribution < -0.4 is 0 Å². The Labute approximate surface area is 175 Å². The van der Waals surface area contributed by atoms with Crippen molar-refractivity contribution < 1.29 is 23.7 Å². The number of hydrogen-bond acceptors (Lipinski definition) is 5. The predicted molar refractivity (Wildman–Crippen MR) is 112 cm³/mol. The number of fused-ring (bicyclic) bond motifs is 7. The van der Waals surface area contributed by atoms with Gasteiger partial charge in [-0.15, -0.1) is 0 Å². The SMILES string of the molecule is Cc1ccc(S(=O)(=O)n2ccc3c(I)c(O)c4c(c32)[C@H]2C[C@@H]4C(O)C2O)cc1. The second-order valence-electron chi connectivity index (χ2n) is 7.61. The molecule has 3 N–H and O–H groups in total. The Morgan fingerprint density at radius 1 is 1.04 bits per heavy atom. The maximum atomic E-state index is 13.4. The van der Waals surface area contributed by atoms with Gasteiger partial charge in [-0.25, -0.2) is 12.4 Å². The standard InChI is InChI=1S/C20H18INO5S/c1-9-2-4-10(5-3-9)28(26,27)22-7-6-11-16(21)20(25)15-13-8-12(14(15)17(11)22)18(23)19(13)24/h2-7,12-13,18-19,23-25H,8H2,1H3/t12-,13+,18?,19?/m1/s1. The van der Waals surface area contributed by atoms with Crippen molar-refractivity contribution >= 4 is 43.5 Å². The van der Waals surface area contributed by atoms with Crippen molar-refractivity contribution in [2.45, 2.75) is 42.3 Å². The fraction of sp³-hybridized carbons (Fsp3) is 0.300. The Morgan fingerprint density at radius 3 is 2.29 bits per heavy atom. The van der Waals surface area contributed by atoms with Gasteiger partial charge in [-0.05, 0) is 59.7 Å². The molecule has 4 atom stereocenters. The molecule has 5 rings (SSSR count). The van der Waals surface area contributed by atoms with Crippen LogP contribution >= 0.6 is 22.6 Å². The number of hydrogen-bond donors (Lipinski definition) is 3. The first-order valence-corrected chi connectivity index (χ1v) is 11.5. The maximum absolute atomic E-state index is 13.4. The summed E-state index contributed by atoms with van der Waals surface area (Å²) in [4.78, 5) is 0.177. The number of benzene rings is 2. The summed E-state index contributed by atoms with van der Waals surface area (Å²) in [5.41, 5.74) is 2.65. The van der Waals surface area contributed by atoms with Crippen LogP contribution in [0.3, 0.4) is 0 Å². The minimum atomic E-state index is -3.85. The van der Waals surface area contributed by atoms with Crippen LogP contribution in [0.15, 0.2) is 41.4 Å². The third-order valence-corrected chi connectivity index (χ3v) is 8.88. The third-order valence-electron chi connectivity index (χ3n) is 6.10. The molecule has 28 heavy (non-hydrogen) atoms. The average Bonchev–Trinajstić information content (AvgIpc) is 3.33. The normalized spacial score (nSPS) is 26.1. The van der Waals surface area contributed by atoms with Crippen molar-refractivity contribution in [2.24, 2.45) is 0 Å². The number of rotatable bonds is 2. The Kier molecular flexibility index (Phi) is 3.91. The van der Waals surface area contributed by atoms with E-state index in [4.69, 9.17) is 0 Å². The first kappa shape index (κ1) is 18.4. The number of phenolic OH excluding ortho intramolecular Hbond substituents is 1. The number of aliphatic hydroxyl groups is 2. The lowest BCUT2D eigenvalue weighted by atomic mass is 9.86. The lowest BCUT2D eigenvalue weighted by Crippen LogP contribution is -2.31. The summed E-state index contributed by atoms with van der Waals surface area (Å²) < 4.78 is 28.5. The molecule has 3 aromatic rings. The predicted octanol–water partition coefficient (Wildman–Crippen LogP) is 2.80. The molecule has 0 amide bonds. The van der Waals surface area contributed by atoms with Gasteiger partial charge in [0, 0.05) is 29.0 Å². The second-order valence-corrected chi connectivity index (χ2v) is 10.5. The van der Waals surface area contributed by atoms with E-state index in [-0.39, 0.29) is 10.6 Å². The van der Waals surface area contributed by atoms with E-state index >= 15 is 0 Å². The quantitative estimate of drug-likeness (QED) is 0.460. The second kappa shape index (κ2) is 5.94. The highest BCUT2D eigenvalue weighted by atomic mass is 127. The van der Waals surface area contributed by atoms with Crippen LogP contribution in [-0.2, 0) is 10.0 Å². The zero-order valence-corrected chi connectivity index (χ0v) is 17.8. The molecule has 0 saturated heterocycles. The van der Waals surface area contributed by atoms with Crippen LogP contribution in [0.1, 0.15) is 34.9 Å². The number of aromatic nitrogens is 1. The summed E-state index contributed by atoms with van der Waals surface area (Å²) in [7, 11) is -3.85. The largest absolute Gasteiger partial charge is 0.507 e. The van der Waals surface area contributed by atoms with E-state index in [0.29, 0.717) is 32.0 Å². The Hall–Kier alpha value is -1.62. The molecule has 1 saturated carbocycles. The van der Waals surface area contributed by atoms with E-state index in [1.807, 2.05) is 29.5 Å². The molecule has 1 aromatic heterocycles. The van der Waals surface area contributed by atoms with E-state index in [1.165, 1.54) is 10.2 Å². The summed E-state index contributed by atoms with van der Waals surface area (Å²) in [5, 5.41) is 32.1. The van der Waals surface area contributed by atoms with Crippen LogP contribution in [0.5, 0.6) is 5.75 Å². The topological polar surface area (TPSA) is 99.8 Å². The van der Waals surface area contributed by atoms with Crippen LogP contribution in [0.25, 0.3) is 10.9 Å². The maximum Gasteiger partial charge on any atom is 0.268 e. The summed E-state index contributed by atoms with van der Waals surface area (Å²) in [5.74, 6) is -0.715. The number of aliphatic hydroxyl groups excluding tert-OH is 2. The third kappa shape index (κ3) is 2.23. The van der Waals surface area contributed by atoms with E-state index in [0.717, 1.165) is 5.56 Å². The molecule has 2 unspecified atom stereocenters. The number of aromatic hydroxyl groups is 1. The van der Waals surface area contributed by atoms with Gasteiger partial charge in [0.05, 0.1) is 26.2 Å². The first-order chi connectivity index (χ1) is 13.2. The molecule has 2 aliphatic rings. The first-order valence-electron chi connectivity index (χ1n) is 8.97. The van der Waals surface area contributed by atoms with Crippen molar-refractivity contribution in [3.63, 3.8) is 0 Å². The Balaban J connectivity index is 1.84. The molecule has 146 valence electrons. The number of halogens is 1. The number of aryl methyl sites for hydroxylation is 1. The molecule has 0 radical (unpaired) electrons. The molecule has 2 aliphatic carbocycles. The van der Waals surface area contributed by atoms with Crippen molar-refractivity contribution in [3.05, 3.63) is 56.8 Å². The van der Waals surface area contributed by atoms with Crippen molar-refractivity contribution in [1.82, 2.24) is 3.97 Å². The fourth-order valence-electron chi connectivity index (χ4n) is 4.74. The highest BCUT2D eigenvalue weighted by Gasteiger charge is 2.53. The molecule has 0 aliphatic heterocycles. The highest BCUT2D eigenvalue weighted by molar-refractivity contribution is 14.1. The Bertz CT molecular complexity index is 1230. The lowest BCUT2D eigenvalue weighted by Gasteiger charge is -2.27. The van der Waals surface area contributed by atoms with E-state index in [2.05, 4.69) is 0 Å². The summed E-state index contributed by atoms with van der Waals surface area (Å²) in [6.45, 7) is 1.89. The molecule has 1 heterocycles. The zero-order chi connectivity index (χ0) is 20.0. The molecule has 1 fully saturated rings. The van der Waals surface area contributed by atoms with E-state index < -0.39 is 34.1 Å². The smallest absolute Gasteiger partial charge is 0.268 e. The molecule has 2 aromatic carbocycles. The monoisotopic (exact) mass is 511 g/mol. The lowest BCUT2D eigenvalue weighted by molar-refractivity contribution is 0.0214. The van der Waals surface area contributed by atoms with Gasteiger partial charge in [-0.1, -0.05) is 17.7 Å². The van der Waals surface area contributed by atoms with Gasteiger partial charge in [0.15, 0.2) is 0 Å². The van der Waals surface area contributed by atoms with Gasteiger partial charge >= 0.3 is 0 Å². The summed E-state index contributed by atoms with van der Waals surface area (Å²) >= 11 is 2.01.